The number of nitrogens with one attached hydrogen (secondary N) is 2. The van der Waals surface area contributed by atoms with Crippen molar-refractivity contribution in [2.45, 2.75) is 76.7 Å². The summed E-state index contributed by atoms with van der Waals surface area (Å²) in [6.07, 6.45) is 6.35. The number of urea groups is 1. The number of aliphatic hydroxyl groups is 1. The molecule has 2 atom stereocenters. The third-order valence-corrected chi connectivity index (χ3v) is 4.87. The summed E-state index contributed by atoms with van der Waals surface area (Å²) >= 11 is 0. The largest absolute Gasteiger partial charge is 0.391 e. The standard InChI is InChI=1S/C17H33N3O3/c1-13(2)23-12-9-18-17(22)19-14-7-10-20(11-8-14)15-5-3-4-6-16(15)21/h13-16,21H,3-12H2,1-2H3,(H2,18,19,22)/t15-,16+/m1/s1. The van der Waals surface area contributed by atoms with Crippen LogP contribution in [0.2, 0.25) is 0 Å². The molecule has 2 amide bonds. The quantitative estimate of drug-likeness (QED) is 0.646. The van der Waals surface area contributed by atoms with E-state index in [2.05, 4.69) is 15.5 Å². The van der Waals surface area contributed by atoms with Gasteiger partial charge in [-0.2, -0.15) is 0 Å². The van der Waals surface area contributed by atoms with Gasteiger partial charge in [0.15, 0.2) is 0 Å². The lowest BCUT2D eigenvalue weighted by atomic mass is 9.89. The molecule has 6 nitrogen and oxygen atoms in total. The lowest BCUT2D eigenvalue weighted by molar-refractivity contribution is 0.00775. The van der Waals surface area contributed by atoms with E-state index in [1.807, 2.05) is 13.8 Å². The molecule has 0 aromatic rings. The minimum atomic E-state index is -0.169. The van der Waals surface area contributed by atoms with Crippen LogP contribution < -0.4 is 10.6 Å². The molecule has 3 N–H and O–H groups in total. The highest BCUT2D eigenvalue weighted by Gasteiger charge is 2.31. The predicted molar refractivity (Wildman–Crippen MR) is 90.5 cm³/mol. The first-order valence-corrected chi connectivity index (χ1v) is 9.14. The molecule has 0 spiro atoms. The molecule has 1 saturated carbocycles. The van der Waals surface area contributed by atoms with E-state index in [0.717, 1.165) is 45.2 Å². The smallest absolute Gasteiger partial charge is 0.315 e. The zero-order chi connectivity index (χ0) is 16.7. The number of carbonyl (C=O) groups is 1. The van der Waals surface area contributed by atoms with Crippen LogP contribution in [-0.4, -0.2) is 66.6 Å². The van der Waals surface area contributed by atoms with Crippen LogP contribution in [0, 0.1) is 0 Å². The number of aliphatic hydroxyl groups excluding tert-OH is 1. The summed E-state index contributed by atoms with van der Waals surface area (Å²) in [5, 5.41) is 16.0. The molecule has 0 unspecified atom stereocenters. The zero-order valence-electron chi connectivity index (χ0n) is 14.6. The van der Waals surface area contributed by atoms with Gasteiger partial charge in [-0.1, -0.05) is 12.8 Å². The van der Waals surface area contributed by atoms with Crippen molar-refractivity contribution in [2.75, 3.05) is 26.2 Å². The highest BCUT2D eigenvalue weighted by atomic mass is 16.5. The fourth-order valence-corrected chi connectivity index (χ4v) is 3.59. The maximum Gasteiger partial charge on any atom is 0.315 e. The minimum Gasteiger partial charge on any atom is -0.391 e. The van der Waals surface area contributed by atoms with Crippen LogP contribution in [0.25, 0.3) is 0 Å². The van der Waals surface area contributed by atoms with Crippen molar-refractivity contribution in [3.05, 3.63) is 0 Å². The topological polar surface area (TPSA) is 73.8 Å². The van der Waals surface area contributed by atoms with Gasteiger partial charge in [0.05, 0.1) is 18.8 Å². The van der Waals surface area contributed by atoms with Gasteiger partial charge < -0.3 is 20.5 Å². The summed E-state index contributed by atoms with van der Waals surface area (Å²) in [7, 11) is 0. The molecule has 1 aliphatic carbocycles. The summed E-state index contributed by atoms with van der Waals surface area (Å²) in [5.41, 5.74) is 0. The van der Waals surface area contributed by atoms with Crippen LogP contribution in [-0.2, 0) is 4.74 Å². The molecular weight excluding hydrogens is 294 g/mol. The second kappa shape index (κ2) is 9.45. The Balaban J connectivity index is 1.61. The molecule has 0 bridgehead atoms. The van der Waals surface area contributed by atoms with E-state index < -0.39 is 0 Å². The average molecular weight is 327 g/mol. The van der Waals surface area contributed by atoms with Gasteiger partial charge in [0.2, 0.25) is 0 Å². The molecule has 1 heterocycles. The summed E-state index contributed by atoms with van der Waals surface area (Å²) in [6.45, 7) is 6.97. The Hall–Kier alpha value is -0.850. The number of amides is 2. The number of likely N-dealkylation sites (tertiary alicyclic amines) is 1. The molecule has 2 fully saturated rings. The lowest BCUT2D eigenvalue weighted by Crippen LogP contribution is -2.53. The second-order valence-corrected chi connectivity index (χ2v) is 7.05. The van der Waals surface area contributed by atoms with Crippen molar-refractivity contribution < 1.29 is 14.6 Å². The van der Waals surface area contributed by atoms with E-state index in [1.165, 1.54) is 6.42 Å². The third-order valence-electron chi connectivity index (χ3n) is 4.87. The number of carbonyl (C=O) groups excluding carboxylic acids is 1. The Labute approximate surface area is 139 Å². The van der Waals surface area contributed by atoms with Gasteiger partial charge in [0.1, 0.15) is 0 Å². The number of rotatable bonds is 6. The second-order valence-electron chi connectivity index (χ2n) is 7.05. The molecule has 1 saturated heterocycles. The summed E-state index contributed by atoms with van der Waals surface area (Å²) in [5.74, 6) is 0. The highest BCUT2D eigenvalue weighted by molar-refractivity contribution is 5.74. The number of ether oxygens (including phenoxy) is 1. The van der Waals surface area contributed by atoms with Gasteiger partial charge in [-0.15, -0.1) is 0 Å². The average Bonchev–Trinajstić information content (AvgIpc) is 2.53. The van der Waals surface area contributed by atoms with E-state index >= 15 is 0 Å². The molecule has 0 aromatic heterocycles. The van der Waals surface area contributed by atoms with Gasteiger partial charge in [-0.25, -0.2) is 4.79 Å². The van der Waals surface area contributed by atoms with Gasteiger partial charge in [0, 0.05) is 31.7 Å². The monoisotopic (exact) mass is 327 g/mol. The lowest BCUT2D eigenvalue weighted by Gasteiger charge is -2.41. The fraction of sp³-hybridized carbons (Fsp3) is 0.941. The Bertz CT molecular complexity index is 357. The van der Waals surface area contributed by atoms with Crippen LogP contribution >= 0.6 is 0 Å². The van der Waals surface area contributed by atoms with Crippen LogP contribution in [0.4, 0.5) is 4.79 Å². The Kier molecular flexibility index (Phi) is 7.59. The molecule has 23 heavy (non-hydrogen) atoms. The molecule has 2 rings (SSSR count). The van der Waals surface area contributed by atoms with Crippen LogP contribution in [0.1, 0.15) is 52.4 Å². The Morgan fingerprint density at radius 3 is 2.57 bits per heavy atom. The summed E-state index contributed by atoms with van der Waals surface area (Å²) in [4.78, 5) is 14.3. The van der Waals surface area contributed by atoms with Gasteiger partial charge >= 0.3 is 6.03 Å². The van der Waals surface area contributed by atoms with Gasteiger partial charge in [0.25, 0.3) is 0 Å². The number of hydrogen-bond acceptors (Lipinski definition) is 4. The first-order valence-electron chi connectivity index (χ1n) is 9.14. The van der Waals surface area contributed by atoms with Crippen LogP contribution in [0.3, 0.4) is 0 Å². The van der Waals surface area contributed by atoms with Crippen molar-refractivity contribution in [2.24, 2.45) is 0 Å². The first-order chi connectivity index (χ1) is 11.1. The van der Waals surface area contributed by atoms with Crippen molar-refractivity contribution in [1.82, 2.24) is 15.5 Å². The van der Waals surface area contributed by atoms with Crippen molar-refractivity contribution in [3.8, 4) is 0 Å². The summed E-state index contributed by atoms with van der Waals surface area (Å²) < 4.78 is 5.40. The highest BCUT2D eigenvalue weighted by Crippen LogP contribution is 2.25. The van der Waals surface area contributed by atoms with E-state index in [4.69, 9.17) is 4.74 Å². The van der Waals surface area contributed by atoms with Crippen LogP contribution in [0.15, 0.2) is 0 Å². The molecule has 134 valence electrons. The number of nitrogens with zero attached hydrogens (tertiary/aromatic N) is 1. The van der Waals surface area contributed by atoms with Gasteiger partial charge in [-0.3, -0.25) is 4.90 Å². The maximum atomic E-state index is 11.9. The fourth-order valence-electron chi connectivity index (χ4n) is 3.59. The molecule has 0 aromatic carbocycles. The number of piperidine rings is 1. The Morgan fingerprint density at radius 1 is 1.22 bits per heavy atom. The van der Waals surface area contributed by atoms with E-state index in [-0.39, 0.29) is 24.3 Å². The minimum absolute atomic E-state index is 0.103. The maximum absolute atomic E-state index is 11.9. The third kappa shape index (κ3) is 6.28. The van der Waals surface area contributed by atoms with Crippen molar-refractivity contribution in [3.63, 3.8) is 0 Å². The first kappa shape index (κ1) is 18.5. The molecular formula is C17H33N3O3. The predicted octanol–water partition coefficient (Wildman–Crippen LogP) is 1.48. The molecule has 2 aliphatic rings. The van der Waals surface area contributed by atoms with E-state index in [9.17, 15) is 9.90 Å². The van der Waals surface area contributed by atoms with E-state index in [1.54, 1.807) is 0 Å². The van der Waals surface area contributed by atoms with Crippen molar-refractivity contribution in [1.29, 1.82) is 0 Å². The zero-order valence-corrected chi connectivity index (χ0v) is 14.6. The van der Waals surface area contributed by atoms with Gasteiger partial charge in [-0.05, 0) is 39.5 Å². The SMILES string of the molecule is CC(C)OCCNC(=O)NC1CCN([C@@H]2CCCC[C@@H]2O)CC1. The van der Waals surface area contributed by atoms with E-state index in [0.29, 0.717) is 19.2 Å². The van der Waals surface area contributed by atoms with Crippen LogP contribution in [0.5, 0.6) is 0 Å². The van der Waals surface area contributed by atoms with Crippen molar-refractivity contribution >= 4 is 6.03 Å². The molecule has 1 aliphatic heterocycles. The molecule has 6 heteroatoms. The Morgan fingerprint density at radius 2 is 1.91 bits per heavy atom. The normalized spacial score (nSPS) is 27.1. The number of hydrogen-bond donors (Lipinski definition) is 3. The molecule has 0 radical (unpaired) electrons. The summed E-state index contributed by atoms with van der Waals surface area (Å²) in [6, 6.07) is 0.457.